The fourth-order valence-corrected chi connectivity index (χ4v) is 2.58. The monoisotopic (exact) mass is 235 g/mol. The van der Waals surface area contributed by atoms with Gasteiger partial charge in [-0.05, 0) is 18.4 Å². The van der Waals surface area contributed by atoms with Gasteiger partial charge in [0.15, 0.2) is 0 Å². The zero-order valence-corrected chi connectivity index (χ0v) is 10.3. The lowest BCUT2D eigenvalue weighted by Crippen LogP contribution is -2.38. The van der Waals surface area contributed by atoms with E-state index in [2.05, 4.69) is 17.0 Å². The second kappa shape index (κ2) is 5.63. The molecule has 17 heavy (non-hydrogen) atoms. The molecule has 0 aliphatic carbocycles. The molecule has 1 unspecified atom stereocenters. The van der Waals surface area contributed by atoms with Crippen molar-refractivity contribution in [3.05, 3.63) is 35.9 Å². The van der Waals surface area contributed by atoms with Crippen LogP contribution in [0.4, 0.5) is 0 Å². The first kappa shape index (κ1) is 12.6. The van der Waals surface area contributed by atoms with Crippen LogP contribution in [0.5, 0.6) is 0 Å². The molecule has 1 aromatic rings. The Morgan fingerprint density at radius 1 is 1.35 bits per heavy atom. The number of rotatable bonds is 4. The van der Waals surface area contributed by atoms with Crippen LogP contribution >= 0.6 is 0 Å². The Hall–Kier alpha value is -0.900. The highest BCUT2D eigenvalue weighted by Gasteiger charge is 2.34. The summed E-state index contributed by atoms with van der Waals surface area (Å²) in [5.41, 5.74) is 1.23. The van der Waals surface area contributed by atoms with Crippen molar-refractivity contribution in [3.8, 4) is 0 Å². The third kappa shape index (κ3) is 3.06. The molecule has 0 radical (unpaired) electrons. The quantitative estimate of drug-likeness (QED) is 0.829. The van der Waals surface area contributed by atoms with Gasteiger partial charge in [0.05, 0.1) is 12.2 Å². The molecular weight excluding hydrogens is 214 g/mol. The van der Waals surface area contributed by atoms with Crippen molar-refractivity contribution in [3.63, 3.8) is 0 Å². The maximum absolute atomic E-state index is 9.97. The zero-order valence-electron chi connectivity index (χ0n) is 10.3. The van der Waals surface area contributed by atoms with Gasteiger partial charge in [0.1, 0.15) is 0 Å². The lowest BCUT2D eigenvalue weighted by Gasteiger charge is -2.27. The van der Waals surface area contributed by atoms with E-state index >= 15 is 0 Å². The molecule has 0 bridgehead atoms. The standard InChI is InChI=1S/C14H21NO2/c1-2-14(17)13-8-12(16)10-15(13)9-11-6-4-3-5-7-11/h3-7,12-14,16-17H,2,8-10H2,1H3/t12-,13+,14?/m1/s1. The first-order valence-corrected chi connectivity index (χ1v) is 6.34. The molecule has 1 aromatic carbocycles. The van der Waals surface area contributed by atoms with Crippen molar-refractivity contribution >= 4 is 0 Å². The first-order chi connectivity index (χ1) is 8.20. The van der Waals surface area contributed by atoms with Gasteiger partial charge in [-0.15, -0.1) is 0 Å². The number of nitrogens with zero attached hydrogens (tertiary/aromatic N) is 1. The van der Waals surface area contributed by atoms with Gasteiger partial charge in [0, 0.05) is 19.1 Å². The molecule has 1 heterocycles. The van der Waals surface area contributed by atoms with E-state index in [-0.39, 0.29) is 18.2 Å². The van der Waals surface area contributed by atoms with E-state index in [1.165, 1.54) is 5.56 Å². The summed E-state index contributed by atoms with van der Waals surface area (Å²) in [6, 6.07) is 10.3. The van der Waals surface area contributed by atoms with Gasteiger partial charge in [-0.1, -0.05) is 37.3 Å². The molecule has 2 N–H and O–H groups in total. The minimum atomic E-state index is -0.337. The van der Waals surface area contributed by atoms with Gasteiger partial charge in [-0.2, -0.15) is 0 Å². The summed E-state index contributed by atoms with van der Waals surface area (Å²) in [6.45, 7) is 3.45. The number of β-amino-alcohol motifs (C(OH)–C–C–N with tert-alkyl or cyclic N) is 1. The number of hydrogen-bond acceptors (Lipinski definition) is 3. The number of hydrogen-bond donors (Lipinski definition) is 2. The van der Waals surface area contributed by atoms with Crippen molar-refractivity contribution in [1.29, 1.82) is 0 Å². The molecule has 0 amide bonds. The van der Waals surface area contributed by atoms with Crippen LogP contribution in [0.25, 0.3) is 0 Å². The van der Waals surface area contributed by atoms with Crippen molar-refractivity contribution in [2.24, 2.45) is 0 Å². The summed E-state index contributed by atoms with van der Waals surface area (Å²) in [5, 5.41) is 19.7. The van der Waals surface area contributed by atoms with Gasteiger partial charge in [0.2, 0.25) is 0 Å². The molecule has 3 atom stereocenters. The predicted molar refractivity (Wildman–Crippen MR) is 67.6 cm³/mol. The van der Waals surface area contributed by atoms with Gasteiger partial charge >= 0.3 is 0 Å². The molecule has 3 heteroatoms. The Balaban J connectivity index is 2.03. The van der Waals surface area contributed by atoms with Crippen molar-refractivity contribution in [1.82, 2.24) is 4.90 Å². The molecule has 1 saturated heterocycles. The second-order valence-corrected chi connectivity index (χ2v) is 4.85. The zero-order chi connectivity index (χ0) is 12.3. The van der Waals surface area contributed by atoms with Crippen LogP contribution < -0.4 is 0 Å². The fourth-order valence-electron chi connectivity index (χ4n) is 2.58. The maximum Gasteiger partial charge on any atom is 0.0693 e. The van der Waals surface area contributed by atoms with Crippen LogP contribution in [-0.2, 0) is 6.54 Å². The van der Waals surface area contributed by atoms with Crippen LogP contribution in [0, 0.1) is 0 Å². The molecule has 1 aliphatic rings. The molecular formula is C14H21NO2. The average Bonchev–Trinajstić information content (AvgIpc) is 2.70. The predicted octanol–water partition coefficient (Wildman–Crippen LogP) is 1.39. The van der Waals surface area contributed by atoms with Crippen LogP contribution in [-0.4, -0.2) is 39.9 Å². The minimum absolute atomic E-state index is 0.0928. The highest BCUT2D eigenvalue weighted by Crippen LogP contribution is 2.24. The SMILES string of the molecule is CCC(O)[C@@H]1C[C@@H](O)CN1Cc1ccccc1. The molecule has 2 rings (SSSR count). The normalized spacial score (nSPS) is 27.2. The number of aliphatic hydroxyl groups is 2. The summed E-state index contributed by atoms with van der Waals surface area (Å²) in [7, 11) is 0. The number of benzene rings is 1. The summed E-state index contributed by atoms with van der Waals surface area (Å²) in [5.74, 6) is 0. The van der Waals surface area contributed by atoms with E-state index in [1.54, 1.807) is 0 Å². The van der Waals surface area contributed by atoms with Crippen LogP contribution in [0.2, 0.25) is 0 Å². The first-order valence-electron chi connectivity index (χ1n) is 6.34. The van der Waals surface area contributed by atoms with Crippen LogP contribution in [0.15, 0.2) is 30.3 Å². The van der Waals surface area contributed by atoms with E-state index in [0.717, 1.165) is 13.0 Å². The fraction of sp³-hybridized carbons (Fsp3) is 0.571. The Morgan fingerprint density at radius 3 is 2.71 bits per heavy atom. The highest BCUT2D eigenvalue weighted by molar-refractivity contribution is 5.15. The molecule has 94 valence electrons. The summed E-state index contributed by atoms with van der Waals surface area (Å²) in [6.07, 6.45) is 0.783. The van der Waals surface area contributed by atoms with E-state index in [4.69, 9.17) is 0 Å². The smallest absolute Gasteiger partial charge is 0.0693 e. The Kier molecular flexibility index (Phi) is 4.15. The maximum atomic E-state index is 9.97. The van der Waals surface area contributed by atoms with Crippen molar-refractivity contribution < 1.29 is 10.2 Å². The van der Waals surface area contributed by atoms with Crippen LogP contribution in [0.3, 0.4) is 0 Å². The summed E-state index contributed by atoms with van der Waals surface area (Å²) in [4.78, 5) is 2.19. The second-order valence-electron chi connectivity index (χ2n) is 4.85. The largest absolute Gasteiger partial charge is 0.392 e. The molecule has 0 spiro atoms. The third-order valence-electron chi connectivity index (χ3n) is 3.52. The van der Waals surface area contributed by atoms with E-state index in [9.17, 15) is 10.2 Å². The summed E-state index contributed by atoms with van der Waals surface area (Å²) < 4.78 is 0. The number of aliphatic hydroxyl groups excluding tert-OH is 2. The average molecular weight is 235 g/mol. The Labute approximate surface area is 103 Å². The molecule has 1 fully saturated rings. The molecule has 0 aromatic heterocycles. The van der Waals surface area contributed by atoms with Gasteiger partial charge in [-0.25, -0.2) is 0 Å². The van der Waals surface area contributed by atoms with Crippen molar-refractivity contribution in [2.45, 2.75) is 44.6 Å². The molecule has 1 aliphatic heterocycles. The molecule has 3 nitrogen and oxygen atoms in total. The summed E-state index contributed by atoms with van der Waals surface area (Å²) >= 11 is 0. The molecule has 0 saturated carbocycles. The van der Waals surface area contributed by atoms with Gasteiger partial charge in [0.25, 0.3) is 0 Å². The van der Waals surface area contributed by atoms with Gasteiger partial charge in [-0.3, -0.25) is 4.90 Å². The Morgan fingerprint density at radius 2 is 2.06 bits per heavy atom. The lowest BCUT2D eigenvalue weighted by atomic mass is 10.1. The van der Waals surface area contributed by atoms with E-state index in [1.807, 2.05) is 25.1 Å². The van der Waals surface area contributed by atoms with Crippen molar-refractivity contribution in [2.75, 3.05) is 6.54 Å². The van der Waals surface area contributed by atoms with Crippen LogP contribution in [0.1, 0.15) is 25.3 Å². The minimum Gasteiger partial charge on any atom is -0.392 e. The lowest BCUT2D eigenvalue weighted by molar-refractivity contribution is 0.0665. The third-order valence-corrected chi connectivity index (χ3v) is 3.52. The topological polar surface area (TPSA) is 43.7 Å². The number of likely N-dealkylation sites (tertiary alicyclic amines) is 1. The van der Waals surface area contributed by atoms with Gasteiger partial charge < -0.3 is 10.2 Å². The Bertz CT molecular complexity index is 341. The van der Waals surface area contributed by atoms with E-state index < -0.39 is 0 Å². The van der Waals surface area contributed by atoms with E-state index in [0.29, 0.717) is 13.0 Å². The highest BCUT2D eigenvalue weighted by atomic mass is 16.3.